The molecule has 1 amide bonds. The molecule has 3 rings (SSSR count). The molecule has 4 nitrogen and oxygen atoms in total. The summed E-state index contributed by atoms with van der Waals surface area (Å²) in [7, 11) is 0. The molecule has 1 aliphatic heterocycles. The fourth-order valence-electron chi connectivity index (χ4n) is 2.83. The van der Waals surface area contributed by atoms with Crippen molar-refractivity contribution in [3.8, 4) is 5.75 Å². The summed E-state index contributed by atoms with van der Waals surface area (Å²) in [4.78, 5) is 12.5. The zero-order chi connectivity index (χ0) is 17.3. The fraction of sp³-hybridized carbons (Fsp3) is 0.350. The highest BCUT2D eigenvalue weighted by molar-refractivity contribution is 7.99. The minimum Gasteiger partial charge on any atom is -0.491 e. The summed E-state index contributed by atoms with van der Waals surface area (Å²) in [5.74, 6) is 2.98. The first-order valence-electron chi connectivity index (χ1n) is 8.64. The number of rotatable bonds is 7. The second kappa shape index (κ2) is 9.49. The van der Waals surface area contributed by atoms with E-state index in [1.54, 1.807) is 0 Å². The van der Waals surface area contributed by atoms with E-state index in [1.165, 1.54) is 0 Å². The Bertz CT molecular complexity index is 645. The van der Waals surface area contributed by atoms with Crippen LogP contribution in [0.3, 0.4) is 0 Å². The van der Waals surface area contributed by atoms with Crippen molar-refractivity contribution in [3.05, 3.63) is 66.2 Å². The molecule has 0 spiro atoms. The highest BCUT2D eigenvalue weighted by Crippen LogP contribution is 2.17. The van der Waals surface area contributed by atoms with Crippen molar-refractivity contribution < 1.29 is 9.53 Å². The van der Waals surface area contributed by atoms with E-state index in [9.17, 15) is 4.79 Å². The van der Waals surface area contributed by atoms with Crippen molar-refractivity contribution in [3.63, 3.8) is 0 Å². The highest BCUT2D eigenvalue weighted by Gasteiger charge is 2.20. The average molecular weight is 356 g/mol. The van der Waals surface area contributed by atoms with Gasteiger partial charge in [0.25, 0.3) is 0 Å². The molecule has 0 saturated carbocycles. The standard InChI is InChI=1S/C20H24N2O2S/c23-20(13-17-15-25-12-11-21-17)22-19(16-7-3-1-4-8-16)14-24-18-9-5-2-6-10-18/h1-10,17,19,21H,11-15H2,(H,22,23). The number of amides is 1. The number of benzene rings is 2. The lowest BCUT2D eigenvalue weighted by molar-refractivity contribution is -0.122. The van der Waals surface area contributed by atoms with Crippen LogP contribution >= 0.6 is 11.8 Å². The minimum atomic E-state index is -0.162. The van der Waals surface area contributed by atoms with Gasteiger partial charge in [0.1, 0.15) is 12.4 Å². The van der Waals surface area contributed by atoms with Crippen molar-refractivity contribution >= 4 is 17.7 Å². The van der Waals surface area contributed by atoms with Crippen LogP contribution in [0.1, 0.15) is 18.0 Å². The maximum Gasteiger partial charge on any atom is 0.222 e. The van der Waals surface area contributed by atoms with E-state index >= 15 is 0 Å². The third-order valence-electron chi connectivity index (χ3n) is 4.13. The normalized spacial score (nSPS) is 18.3. The zero-order valence-corrected chi connectivity index (χ0v) is 15.0. The van der Waals surface area contributed by atoms with Gasteiger partial charge in [-0.05, 0) is 17.7 Å². The predicted molar refractivity (Wildman–Crippen MR) is 103 cm³/mol. The van der Waals surface area contributed by atoms with Gasteiger partial charge in [-0.1, -0.05) is 48.5 Å². The predicted octanol–water partition coefficient (Wildman–Crippen LogP) is 3.02. The number of hydrogen-bond donors (Lipinski definition) is 2. The Morgan fingerprint density at radius 1 is 1.16 bits per heavy atom. The van der Waals surface area contributed by atoms with Crippen LogP contribution in [0, 0.1) is 0 Å². The molecule has 1 heterocycles. The first kappa shape index (κ1) is 17.8. The number of carbonyl (C=O) groups excluding carboxylic acids is 1. The molecule has 5 heteroatoms. The van der Waals surface area contributed by atoms with Crippen molar-refractivity contribution in [2.75, 3.05) is 24.7 Å². The molecule has 0 aliphatic carbocycles. The molecule has 1 saturated heterocycles. The first-order valence-corrected chi connectivity index (χ1v) is 9.80. The van der Waals surface area contributed by atoms with Gasteiger partial charge in [-0.15, -0.1) is 0 Å². The van der Waals surface area contributed by atoms with E-state index in [0.29, 0.717) is 13.0 Å². The van der Waals surface area contributed by atoms with Crippen LogP contribution in [0.4, 0.5) is 0 Å². The lowest BCUT2D eigenvalue weighted by Gasteiger charge is -2.25. The number of ether oxygens (including phenoxy) is 1. The van der Waals surface area contributed by atoms with E-state index in [4.69, 9.17) is 4.74 Å². The summed E-state index contributed by atoms with van der Waals surface area (Å²) < 4.78 is 5.88. The zero-order valence-electron chi connectivity index (χ0n) is 14.2. The van der Waals surface area contributed by atoms with Crippen LogP contribution in [-0.4, -0.2) is 36.6 Å². The van der Waals surface area contributed by atoms with Gasteiger partial charge in [-0.3, -0.25) is 4.79 Å². The summed E-state index contributed by atoms with van der Waals surface area (Å²) >= 11 is 1.90. The molecule has 132 valence electrons. The Hall–Kier alpha value is -1.98. The van der Waals surface area contributed by atoms with Crippen LogP contribution in [-0.2, 0) is 4.79 Å². The molecular formula is C20H24N2O2S. The summed E-state index contributed by atoms with van der Waals surface area (Å²) in [6, 6.07) is 19.8. The SMILES string of the molecule is O=C(CC1CSCCN1)NC(COc1ccccc1)c1ccccc1. The average Bonchev–Trinajstić information content (AvgIpc) is 2.67. The van der Waals surface area contributed by atoms with Crippen LogP contribution in [0.5, 0.6) is 5.75 Å². The van der Waals surface area contributed by atoms with Gasteiger partial charge in [-0.2, -0.15) is 11.8 Å². The molecule has 2 aromatic rings. The minimum absolute atomic E-state index is 0.0607. The quantitative estimate of drug-likeness (QED) is 0.801. The summed E-state index contributed by atoms with van der Waals surface area (Å²) in [5, 5.41) is 6.55. The maximum absolute atomic E-state index is 12.5. The van der Waals surface area contributed by atoms with E-state index in [-0.39, 0.29) is 18.0 Å². The van der Waals surface area contributed by atoms with Gasteiger partial charge in [-0.25, -0.2) is 0 Å². The lowest BCUT2D eigenvalue weighted by Crippen LogP contribution is -2.42. The van der Waals surface area contributed by atoms with Gasteiger partial charge >= 0.3 is 0 Å². The Labute approximate surface area is 153 Å². The summed E-state index contributed by atoms with van der Waals surface area (Å²) in [5.41, 5.74) is 1.05. The molecule has 1 aliphatic rings. The van der Waals surface area contributed by atoms with Crippen molar-refractivity contribution in [1.29, 1.82) is 0 Å². The van der Waals surface area contributed by atoms with Gasteiger partial charge in [0.05, 0.1) is 6.04 Å². The molecule has 2 unspecified atom stereocenters. The molecule has 0 radical (unpaired) electrons. The van der Waals surface area contributed by atoms with E-state index in [0.717, 1.165) is 29.4 Å². The summed E-state index contributed by atoms with van der Waals surface area (Å²) in [6.07, 6.45) is 0.502. The monoisotopic (exact) mass is 356 g/mol. The van der Waals surface area contributed by atoms with Crippen molar-refractivity contribution in [2.45, 2.75) is 18.5 Å². The Morgan fingerprint density at radius 3 is 2.56 bits per heavy atom. The van der Waals surface area contributed by atoms with Gasteiger partial charge in [0, 0.05) is 30.5 Å². The van der Waals surface area contributed by atoms with E-state index in [1.807, 2.05) is 72.4 Å². The number of thioether (sulfide) groups is 1. The Balaban J connectivity index is 1.60. The smallest absolute Gasteiger partial charge is 0.222 e. The van der Waals surface area contributed by atoms with Gasteiger partial charge in [0.2, 0.25) is 5.91 Å². The summed E-state index contributed by atoms with van der Waals surface area (Å²) in [6.45, 7) is 1.38. The van der Waals surface area contributed by atoms with Crippen LogP contribution in [0.15, 0.2) is 60.7 Å². The first-order chi connectivity index (χ1) is 12.3. The van der Waals surface area contributed by atoms with Crippen LogP contribution in [0.25, 0.3) is 0 Å². The van der Waals surface area contributed by atoms with Gasteiger partial charge in [0.15, 0.2) is 0 Å². The third kappa shape index (κ3) is 5.80. The van der Waals surface area contributed by atoms with Crippen LogP contribution in [0.2, 0.25) is 0 Å². The van der Waals surface area contributed by atoms with Crippen molar-refractivity contribution in [1.82, 2.24) is 10.6 Å². The van der Waals surface area contributed by atoms with Crippen molar-refractivity contribution in [2.24, 2.45) is 0 Å². The largest absolute Gasteiger partial charge is 0.491 e. The second-order valence-electron chi connectivity index (χ2n) is 6.08. The molecule has 25 heavy (non-hydrogen) atoms. The third-order valence-corrected chi connectivity index (χ3v) is 5.26. The van der Waals surface area contributed by atoms with E-state index in [2.05, 4.69) is 10.6 Å². The fourth-order valence-corrected chi connectivity index (χ4v) is 3.78. The Kier molecular flexibility index (Phi) is 6.77. The molecule has 2 N–H and O–H groups in total. The number of nitrogens with one attached hydrogen (secondary N) is 2. The number of carbonyl (C=O) groups is 1. The molecular weight excluding hydrogens is 332 g/mol. The molecule has 0 bridgehead atoms. The van der Waals surface area contributed by atoms with E-state index < -0.39 is 0 Å². The number of para-hydroxylation sites is 1. The molecule has 2 aromatic carbocycles. The topological polar surface area (TPSA) is 50.4 Å². The molecule has 2 atom stereocenters. The number of hydrogen-bond acceptors (Lipinski definition) is 4. The highest BCUT2D eigenvalue weighted by atomic mass is 32.2. The molecule has 1 fully saturated rings. The Morgan fingerprint density at radius 2 is 1.88 bits per heavy atom. The van der Waals surface area contributed by atoms with Crippen LogP contribution < -0.4 is 15.4 Å². The molecule has 0 aromatic heterocycles. The van der Waals surface area contributed by atoms with Gasteiger partial charge < -0.3 is 15.4 Å². The second-order valence-corrected chi connectivity index (χ2v) is 7.23. The maximum atomic E-state index is 12.5. The lowest BCUT2D eigenvalue weighted by atomic mass is 10.1.